The first-order chi connectivity index (χ1) is 5.66. The van der Waals surface area contributed by atoms with Gasteiger partial charge in [-0.2, -0.15) is 0 Å². The number of unbranched alkanes of at least 4 members (excludes halogenated alkanes) is 1. The summed E-state index contributed by atoms with van der Waals surface area (Å²) in [5.74, 6) is -1.40. The fraction of sp³-hybridized carbons (Fsp3) is 0.571. The Balaban J connectivity index is 3.33. The van der Waals surface area contributed by atoms with Crippen LogP contribution in [-0.4, -0.2) is 29.8 Å². The van der Waals surface area contributed by atoms with E-state index >= 15 is 0 Å². The maximum absolute atomic E-state index is 10.7. The van der Waals surface area contributed by atoms with Crippen molar-refractivity contribution in [1.82, 2.24) is 5.32 Å². The first kappa shape index (κ1) is 10.6. The van der Waals surface area contributed by atoms with Crippen molar-refractivity contribution in [2.75, 3.05) is 6.54 Å². The van der Waals surface area contributed by atoms with Crippen molar-refractivity contribution in [3.8, 4) is 0 Å². The van der Waals surface area contributed by atoms with Gasteiger partial charge in [0.25, 0.3) is 0 Å². The van der Waals surface area contributed by atoms with Gasteiger partial charge in [-0.15, -0.1) is 0 Å². The summed E-state index contributed by atoms with van der Waals surface area (Å²) < 4.78 is 0. The molecule has 5 heteroatoms. The van der Waals surface area contributed by atoms with Crippen molar-refractivity contribution in [1.29, 1.82) is 0 Å². The molecule has 0 aliphatic rings. The van der Waals surface area contributed by atoms with E-state index in [0.29, 0.717) is 12.8 Å². The minimum Gasteiger partial charge on any atom is -0.480 e. The lowest BCUT2D eigenvalue weighted by Crippen LogP contribution is -2.28. The van der Waals surface area contributed by atoms with Crippen molar-refractivity contribution in [3.05, 3.63) is 0 Å². The van der Waals surface area contributed by atoms with E-state index in [4.69, 9.17) is 5.11 Å². The van der Waals surface area contributed by atoms with Gasteiger partial charge in [0, 0.05) is 12.8 Å². The molecule has 0 fully saturated rings. The third-order valence-electron chi connectivity index (χ3n) is 1.16. The lowest BCUT2D eigenvalue weighted by molar-refractivity contribution is -0.138. The second-order valence-corrected chi connectivity index (χ2v) is 2.23. The normalized spacial score (nSPS) is 9.00. The largest absolute Gasteiger partial charge is 0.480 e. The van der Waals surface area contributed by atoms with E-state index in [2.05, 4.69) is 5.32 Å². The predicted octanol–water partition coefficient (Wildman–Crippen LogP) is -0.444. The van der Waals surface area contributed by atoms with Crippen molar-refractivity contribution in [3.63, 3.8) is 0 Å². The Hall–Kier alpha value is -1.39. The molecular formula is C7H11NO4. The zero-order valence-corrected chi connectivity index (χ0v) is 6.58. The summed E-state index contributed by atoms with van der Waals surface area (Å²) in [5.41, 5.74) is 0. The van der Waals surface area contributed by atoms with Crippen LogP contribution in [0.4, 0.5) is 0 Å². The number of aliphatic carboxylic acids is 1. The molecule has 0 bridgehead atoms. The number of nitrogens with one attached hydrogen (secondary N) is 1. The van der Waals surface area contributed by atoms with Crippen LogP contribution in [0, 0.1) is 0 Å². The molecular weight excluding hydrogens is 162 g/mol. The molecule has 0 saturated heterocycles. The van der Waals surface area contributed by atoms with Gasteiger partial charge < -0.3 is 15.2 Å². The predicted molar refractivity (Wildman–Crippen MR) is 40.6 cm³/mol. The third-order valence-corrected chi connectivity index (χ3v) is 1.16. The van der Waals surface area contributed by atoms with E-state index in [1.54, 1.807) is 0 Å². The Labute approximate surface area is 69.8 Å². The van der Waals surface area contributed by atoms with Gasteiger partial charge in [0.15, 0.2) is 0 Å². The number of hydrogen-bond acceptors (Lipinski definition) is 3. The smallest absolute Gasteiger partial charge is 0.322 e. The number of carboxylic acid groups (broad SMARTS) is 1. The molecule has 0 aromatic heterocycles. The molecule has 0 atom stereocenters. The molecule has 1 amide bonds. The van der Waals surface area contributed by atoms with Crippen molar-refractivity contribution < 1.29 is 19.5 Å². The number of carbonyl (C=O) groups excluding carboxylic acids is 2. The average Bonchev–Trinajstić information content (AvgIpc) is 2.01. The molecule has 0 saturated carbocycles. The van der Waals surface area contributed by atoms with Crippen LogP contribution in [0.15, 0.2) is 0 Å². The number of carboxylic acids is 1. The SMILES string of the molecule is O=CCCCC(=O)NCC(=O)O. The highest BCUT2D eigenvalue weighted by atomic mass is 16.4. The number of aldehydes is 1. The molecule has 68 valence electrons. The van der Waals surface area contributed by atoms with Gasteiger partial charge in [-0.1, -0.05) is 0 Å². The second-order valence-electron chi connectivity index (χ2n) is 2.23. The third kappa shape index (κ3) is 6.73. The summed E-state index contributed by atoms with van der Waals surface area (Å²) in [4.78, 5) is 30.5. The zero-order valence-electron chi connectivity index (χ0n) is 6.58. The van der Waals surface area contributed by atoms with E-state index in [-0.39, 0.29) is 18.9 Å². The first-order valence-corrected chi connectivity index (χ1v) is 3.59. The summed E-state index contributed by atoms with van der Waals surface area (Å²) in [6.07, 6.45) is 1.73. The highest BCUT2D eigenvalue weighted by Gasteiger charge is 2.02. The number of hydrogen-bond donors (Lipinski definition) is 2. The van der Waals surface area contributed by atoms with Crippen molar-refractivity contribution in [2.24, 2.45) is 0 Å². The van der Waals surface area contributed by atoms with E-state index in [1.165, 1.54) is 0 Å². The zero-order chi connectivity index (χ0) is 9.40. The molecule has 2 N–H and O–H groups in total. The molecule has 0 radical (unpaired) electrons. The number of rotatable bonds is 6. The Morgan fingerprint density at radius 1 is 1.42 bits per heavy atom. The van der Waals surface area contributed by atoms with Crippen LogP contribution in [0.1, 0.15) is 19.3 Å². The van der Waals surface area contributed by atoms with Crippen LogP contribution < -0.4 is 5.32 Å². The summed E-state index contributed by atoms with van der Waals surface area (Å²) in [6, 6.07) is 0. The van der Waals surface area contributed by atoms with Crippen LogP contribution in [0.25, 0.3) is 0 Å². The minimum absolute atomic E-state index is 0.200. The topological polar surface area (TPSA) is 83.5 Å². The Bertz CT molecular complexity index is 178. The van der Waals surface area contributed by atoms with E-state index in [1.807, 2.05) is 0 Å². The monoisotopic (exact) mass is 173 g/mol. The second kappa shape index (κ2) is 6.33. The number of carbonyl (C=O) groups is 3. The molecule has 5 nitrogen and oxygen atoms in total. The van der Waals surface area contributed by atoms with Crippen LogP contribution >= 0.6 is 0 Å². The Morgan fingerprint density at radius 2 is 2.08 bits per heavy atom. The molecule has 0 spiro atoms. The molecule has 0 rings (SSSR count). The molecule has 0 aliphatic heterocycles. The Morgan fingerprint density at radius 3 is 2.58 bits per heavy atom. The fourth-order valence-electron chi connectivity index (χ4n) is 0.609. The molecule has 0 heterocycles. The molecule has 0 aromatic rings. The van der Waals surface area contributed by atoms with E-state index in [0.717, 1.165) is 6.29 Å². The number of amides is 1. The van der Waals surface area contributed by atoms with Crippen molar-refractivity contribution >= 4 is 18.2 Å². The van der Waals surface area contributed by atoms with Crippen LogP contribution in [0.3, 0.4) is 0 Å². The van der Waals surface area contributed by atoms with Crippen molar-refractivity contribution in [2.45, 2.75) is 19.3 Å². The van der Waals surface area contributed by atoms with E-state index in [9.17, 15) is 14.4 Å². The van der Waals surface area contributed by atoms with E-state index < -0.39 is 5.97 Å². The van der Waals surface area contributed by atoms with Crippen LogP contribution in [0.5, 0.6) is 0 Å². The summed E-state index contributed by atoms with van der Waals surface area (Å²) >= 11 is 0. The first-order valence-electron chi connectivity index (χ1n) is 3.59. The lowest BCUT2D eigenvalue weighted by atomic mass is 10.2. The molecule has 0 aliphatic carbocycles. The van der Waals surface area contributed by atoms with Gasteiger partial charge in [0.05, 0.1) is 0 Å². The fourth-order valence-corrected chi connectivity index (χ4v) is 0.609. The van der Waals surface area contributed by atoms with Gasteiger partial charge in [-0.05, 0) is 6.42 Å². The summed E-state index contributed by atoms with van der Waals surface area (Å²) in [5, 5.41) is 10.3. The average molecular weight is 173 g/mol. The summed E-state index contributed by atoms with van der Waals surface area (Å²) in [7, 11) is 0. The van der Waals surface area contributed by atoms with Gasteiger partial charge in [-0.25, -0.2) is 0 Å². The summed E-state index contributed by atoms with van der Waals surface area (Å²) in [6.45, 7) is -0.361. The molecule has 0 aromatic carbocycles. The molecule has 0 unspecified atom stereocenters. The maximum atomic E-state index is 10.7. The van der Waals surface area contributed by atoms with Gasteiger partial charge in [0.2, 0.25) is 5.91 Å². The maximum Gasteiger partial charge on any atom is 0.322 e. The molecule has 12 heavy (non-hydrogen) atoms. The standard InChI is InChI=1S/C7H11NO4/c9-4-2-1-3-6(10)8-5-7(11)12/h4H,1-3,5H2,(H,8,10)(H,11,12). The van der Waals surface area contributed by atoms with Gasteiger partial charge >= 0.3 is 5.97 Å². The van der Waals surface area contributed by atoms with Gasteiger partial charge in [0.1, 0.15) is 12.8 Å². The van der Waals surface area contributed by atoms with Gasteiger partial charge in [-0.3, -0.25) is 9.59 Å². The highest BCUT2D eigenvalue weighted by molar-refractivity contribution is 5.81. The minimum atomic E-state index is -1.07. The Kier molecular flexibility index (Phi) is 5.60. The highest BCUT2D eigenvalue weighted by Crippen LogP contribution is 1.91. The quantitative estimate of drug-likeness (QED) is 0.421. The lowest BCUT2D eigenvalue weighted by Gasteiger charge is -1.99. The van der Waals surface area contributed by atoms with Crippen LogP contribution in [-0.2, 0) is 14.4 Å². The van der Waals surface area contributed by atoms with Crippen LogP contribution in [0.2, 0.25) is 0 Å².